The van der Waals surface area contributed by atoms with Crippen molar-refractivity contribution in [2.45, 2.75) is 26.3 Å². The highest BCUT2D eigenvalue weighted by molar-refractivity contribution is 7.80. The zero-order valence-corrected chi connectivity index (χ0v) is 19.0. The topological polar surface area (TPSA) is 54.2 Å². The molecule has 0 saturated carbocycles. The van der Waals surface area contributed by atoms with Crippen molar-refractivity contribution in [3.05, 3.63) is 88.9 Å². The maximum atomic E-state index is 6.10. The molecule has 1 unspecified atom stereocenters. The Balaban J connectivity index is 1.78. The molecule has 0 aliphatic carbocycles. The van der Waals surface area contributed by atoms with Crippen LogP contribution in [0.1, 0.15) is 36.9 Å². The molecule has 7 heteroatoms. The van der Waals surface area contributed by atoms with Gasteiger partial charge in [-0.05, 0) is 48.8 Å². The maximum Gasteiger partial charge on any atom is 0.258 e. The molecule has 1 atom stereocenters. The zero-order valence-electron chi connectivity index (χ0n) is 17.4. The fourth-order valence-electron chi connectivity index (χ4n) is 3.65. The summed E-state index contributed by atoms with van der Waals surface area (Å²) in [5.74, 6) is 1.01. The molecule has 0 fully saturated rings. The van der Waals surface area contributed by atoms with E-state index in [0.29, 0.717) is 28.4 Å². The lowest BCUT2D eigenvalue weighted by atomic mass is 9.95. The predicted octanol–water partition coefficient (Wildman–Crippen LogP) is 5.80. The van der Waals surface area contributed by atoms with Gasteiger partial charge in [0, 0.05) is 22.8 Å². The first-order valence-corrected chi connectivity index (χ1v) is 10.9. The van der Waals surface area contributed by atoms with Crippen LogP contribution in [0.2, 0.25) is 5.02 Å². The SMILES string of the molecule is C=CCN1C(=S)NC(c2ccc(Cl)cc2)C(c2nc(-c3ccc(CC)cc3)no2)=C1C. The van der Waals surface area contributed by atoms with E-state index < -0.39 is 0 Å². The Morgan fingerprint density at radius 1 is 1.19 bits per heavy atom. The number of aryl methyl sites for hydroxylation is 1. The fraction of sp³-hybridized carbons (Fsp3) is 0.208. The minimum absolute atomic E-state index is 0.235. The Morgan fingerprint density at radius 2 is 1.90 bits per heavy atom. The minimum atomic E-state index is -0.235. The van der Waals surface area contributed by atoms with E-state index in [2.05, 4.69) is 36.1 Å². The molecule has 0 radical (unpaired) electrons. The van der Waals surface area contributed by atoms with Crippen molar-refractivity contribution in [3.63, 3.8) is 0 Å². The summed E-state index contributed by atoms with van der Waals surface area (Å²) in [7, 11) is 0. The van der Waals surface area contributed by atoms with E-state index in [4.69, 9.17) is 33.3 Å². The third-order valence-electron chi connectivity index (χ3n) is 5.39. The second-order valence-corrected chi connectivity index (χ2v) is 8.13. The molecule has 0 bridgehead atoms. The summed E-state index contributed by atoms with van der Waals surface area (Å²) in [6.07, 6.45) is 2.80. The average Bonchev–Trinajstić information content (AvgIpc) is 3.26. The van der Waals surface area contributed by atoms with Crippen molar-refractivity contribution in [2.24, 2.45) is 0 Å². The average molecular weight is 451 g/mol. The van der Waals surface area contributed by atoms with Crippen LogP contribution in [0, 0.1) is 0 Å². The summed E-state index contributed by atoms with van der Waals surface area (Å²) >= 11 is 11.7. The molecule has 5 nitrogen and oxygen atoms in total. The van der Waals surface area contributed by atoms with E-state index in [1.54, 1.807) is 0 Å². The van der Waals surface area contributed by atoms with Crippen molar-refractivity contribution in [1.82, 2.24) is 20.4 Å². The summed E-state index contributed by atoms with van der Waals surface area (Å²) < 4.78 is 5.74. The molecule has 1 aliphatic heterocycles. The lowest BCUT2D eigenvalue weighted by molar-refractivity contribution is 0.399. The van der Waals surface area contributed by atoms with Gasteiger partial charge < -0.3 is 14.7 Å². The van der Waals surface area contributed by atoms with Gasteiger partial charge in [-0.25, -0.2) is 0 Å². The Hall–Kier alpha value is -2.96. The number of thiocarbonyl (C=S) groups is 1. The van der Waals surface area contributed by atoms with Crippen LogP contribution in [0.4, 0.5) is 0 Å². The summed E-state index contributed by atoms with van der Waals surface area (Å²) in [5.41, 5.74) is 5.00. The minimum Gasteiger partial charge on any atom is -0.351 e. The third-order valence-corrected chi connectivity index (χ3v) is 5.98. The number of aromatic nitrogens is 2. The van der Waals surface area contributed by atoms with Crippen molar-refractivity contribution in [3.8, 4) is 11.4 Å². The quantitative estimate of drug-likeness (QED) is 0.378. The number of nitrogens with one attached hydrogen (secondary N) is 1. The molecule has 31 heavy (non-hydrogen) atoms. The number of benzene rings is 2. The van der Waals surface area contributed by atoms with Crippen LogP contribution in [0.3, 0.4) is 0 Å². The van der Waals surface area contributed by atoms with Gasteiger partial charge in [-0.15, -0.1) is 6.58 Å². The predicted molar refractivity (Wildman–Crippen MR) is 129 cm³/mol. The standard InChI is InChI=1S/C24H23ClN4OS/c1-4-14-29-15(3)20(21(26-24(29)31)17-10-12-19(25)13-11-17)23-27-22(28-30-23)18-8-6-16(5-2)7-9-18/h4,6-13,21H,1,5,14H2,2-3H3,(H,26,31). The van der Waals surface area contributed by atoms with Gasteiger partial charge in [-0.3, -0.25) is 0 Å². The molecule has 1 N–H and O–H groups in total. The Kier molecular flexibility index (Phi) is 6.20. The highest BCUT2D eigenvalue weighted by Gasteiger charge is 2.33. The normalized spacial score (nSPS) is 16.4. The molecule has 2 heterocycles. The van der Waals surface area contributed by atoms with Crippen LogP contribution in [-0.4, -0.2) is 26.7 Å². The second-order valence-electron chi connectivity index (χ2n) is 7.31. The molecule has 0 saturated heterocycles. The van der Waals surface area contributed by atoms with Crippen LogP contribution in [-0.2, 0) is 6.42 Å². The largest absolute Gasteiger partial charge is 0.351 e. The lowest BCUT2D eigenvalue weighted by Crippen LogP contribution is -2.45. The van der Waals surface area contributed by atoms with E-state index in [9.17, 15) is 0 Å². The van der Waals surface area contributed by atoms with Gasteiger partial charge in [0.05, 0.1) is 11.6 Å². The van der Waals surface area contributed by atoms with Crippen LogP contribution in [0.15, 0.2) is 71.4 Å². The number of hydrogen-bond donors (Lipinski definition) is 1. The van der Waals surface area contributed by atoms with E-state index in [1.807, 2.05) is 54.3 Å². The molecule has 0 spiro atoms. The van der Waals surface area contributed by atoms with Gasteiger partial charge in [-0.2, -0.15) is 4.98 Å². The van der Waals surface area contributed by atoms with Crippen molar-refractivity contribution in [1.29, 1.82) is 0 Å². The first kappa shape index (κ1) is 21.3. The molecule has 3 aromatic rings. The lowest BCUT2D eigenvalue weighted by Gasteiger charge is -2.36. The van der Waals surface area contributed by atoms with Crippen LogP contribution >= 0.6 is 23.8 Å². The Morgan fingerprint density at radius 3 is 2.55 bits per heavy atom. The van der Waals surface area contributed by atoms with Gasteiger partial charge in [0.1, 0.15) is 0 Å². The number of halogens is 1. The number of allylic oxidation sites excluding steroid dienone is 1. The van der Waals surface area contributed by atoms with Gasteiger partial charge in [0.2, 0.25) is 5.82 Å². The van der Waals surface area contributed by atoms with E-state index in [0.717, 1.165) is 28.8 Å². The van der Waals surface area contributed by atoms with Crippen LogP contribution < -0.4 is 5.32 Å². The van der Waals surface area contributed by atoms with Gasteiger partial charge >= 0.3 is 0 Å². The van der Waals surface area contributed by atoms with Gasteiger partial charge in [0.25, 0.3) is 5.89 Å². The van der Waals surface area contributed by atoms with Crippen molar-refractivity contribution in [2.75, 3.05) is 6.54 Å². The Bertz CT molecular complexity index is 1140. The summed E-state index contributed by atoms with van der Waals surface area (Å²) in [5, 5.41) is 8.95. The van der Waals surface area contributed by atoms with Crippen LogP contribution in [0.5, 0.6) is 0 Å². The number of nitrogens with zero attached hydrogens (tertiary/aromatic N) is 3. The number of hydrogen-bond acceptors (Lipinski definition) is 4. The maximum absolute atomic E-state index is 6.10. The monoisotopic (exact) mass is 450 g/mol. The molecule has 0 amide bonds. The fourth-order valence-corrected chi connectivity index (χ4v) is 4.11. The highest BCUT2D eigenvalue weighted by atomic mass is 35.5. The third kappa shape index (κ3) is 4.27. The molecular formula is C24H23ClN4OS. The van der Waals surface area contributed by atoms with Gasteiger partial charge in [-0.1, -0.05) is 66.2 Å². The van der Waals surface area contributed by atoms with E-state index in [-0.39, 0.29) is 6.04 Å². The summed E-state index contributed by atoms with van der Waals surface area (Å²) in [6.45, 7) is 8.56. The first-order chi connectivity index (χ1) is 15.0. The first-order valence-electron chi connectivity index (χ1n) is 10.1. The van der Waals surface area contributed by atoms with Crippen LogP contribution in [0.25, 0.3) is 17.0 Å². The van der Waals surface area contributed by atoms with Gasteiger partial charge in [0.15, 0.2) is 5.11 Å². The zero-order chi connectivity index (χ0) is 22.0. The molecule has 158 valence electrons. The number of rotatable bonds is 6. The summed E-state index contributed by atoms with van der Waals surface area (Å²) in [4.78, 5) is 6.70. The van der Waals surface area contributed by atoms with Crippen molar-refractivity contribution >= 4 is 34.5 Å². The smallest absolute Gasteiger partial charge is 0.258 e. The molecule has 1 aliphatic rings. The Labute approximate surface area is 192 Å². The molecule has 2 aromatic carbocycles. The molecule has 1 aromatic heterocycles. The highest BCUT2D eigenvalue weighted by Crippen LogP contribution is 2.37. The van der Waals surface area contributed by atoms with E-state index in [1.165, 1.54) is 5.56 Å². The van der Waals surface area contributed by atoms with E-state index >= 15 is 0 Å². The molecule has 4 rings (SSSR count). The summed E-state index contributed by atoms with van der Waals surface area (Å²) in [6, 6.07) is 15.6. The van der Waals surface area contributed by atoms with Crippen molar-refractivity contribution < 1.29 is 4.52 Å². The second kappa shape index (κ2) is 9.04. The molecular weight excluding hydrogens is 428 g/mol.